The molecule has 27 heavy (non-hydrogen) atoms. The summed E-state index contributed by atoms with van der Waals surface area (Å²) in [4.78, 5) is 15.1. The molecule has 3 rings (SSSR count). The third-order valence-corrected chi connectivity index (χ3v) is 4.18. The maximum Gasteiger partial charge on any atom is 0.328 e. The van der Waals surface area contributed by atoms with Gasteiger partial charge in [0.1, 0.15) is 5.76 Å². The molecule has 1 heterocycles. The van der Waals surface area contributed by atoms with Crippen LogP contribution in [0.5, 0.6) is 0 Å². The van der Waals surface area contributed by atoms with Crippen LogP contribution in [0.15, 0.2) is 77.2 Å². The van der Waals surface area contributed by atoms with E-state index in [2.05, 4.69) is 17.1 Å². The fourth-order valence-corrected chi connectivity index (χ4v) is 2.73. The molecule has 0 bridgehead atoms. The minimum atomic E-state index is -0.950. The highest BCUT2D eigenvalue weighted by atomic mass is 16.4. The SMILES string of the molecule is Cc1oc(-c2ccccc2)nc1CCc1ccc(/C=C/C=C/C(=O)O)cc1. The van der Waals surface area contributed by atoms with Gasteiger partial charge >= 0.3 is 5.97 Å². The third-order valence-electron chi connectivity index (χ3n) is 4.18. The summed E-state index contributed by atoms with van der Waals surface area (Å²) in [5.74, 6) is 0.574. The number of oxazole rings is 1. The van der Waals surface area contributed by atoms with Crippen molar-refractivity contribution in [1.29, 1.82) is 0 Å². The van der Waals surface area contributed by atoms with Crippen LogP contribution in [0.25, 0.3) is 17.5 Å². The minimum Gasteiger partial charge on any atom is -0.478 e. The van der Waals surface area contributed by atoms with Gasteiger partial charge in [-0.05, 0) is 43.0 Å². The molecule has 0 saturated heterocycles. The molecule has 0 aliphatic rings. The molecule has 0 unspecified atom stereocenters. The Morgan fingerprint density at radius 2 is 1.78 bits per heavy atom. The molecular formula is C23H21NO3. The first-order valence-corrected chi connectivity index (χ1v) is 8.80. The van der Waals surface area contributed by atoms with Gasteiger partial charge in [-0.1, -0.05) is 60.7 Å². The number of aryl methyl sites for hydroxylation is 3. The lowest BCUT2D eigenvalue weighted by Gasteiger charge is -2.01. The number of benzene rings is 2. The molecule has 0 aliphatic heterocycles. The monoisotopic (exact) mass is 359 g/mol. The van der Waals surface area contributed by atoms with Crippen LogP contribution < -0.4 is 0 Å². The lowest BCUT2D eigenvalue weighted by Crippen LogP contribution is -1.93. The predicted molar refractivity (Wildman–Crippen MR) is 106 cm³/mol. The molecule has 0 radical (unpaired) electrons. The van der Waals surface area contributed by atoms with Crippen LogP contribution in [0.3, 0.4) is 0 Å². The van der Waals surface area contributed by atoms with Gasteiger partial charge in [-0.2, -0.15) is 0 Å². The molecule has 4 heteroatoms. The zero-order valence-electron chi connectivity index (χ0n) is 15.1. The highest BCUT2D eigenvalue weighted by Crippen LogP contribution is 2.22. The second-order valence-corrected chi connectivity index (χ2v) is 6.19. The summed E-state index contributed by atoms with van der Waals surface area (Å²) in [6.07, 6.45) is 7.90. The molecule has 0 fully saturated rings. The topological polar surface area (TPSA) is 63.3 Å². The van der Waals surface area contributed by atoms with Crippen molar-refractivity contribution in [2.24, 2.45) is 0 Å². The average molecular weight is 359 g/mol. The van der Waals surface area contributed by atoms with E-state index < -0.39 is 5.97 Å². The quantitative estimate of drug-likeness (QED) is 0.471. The Hall–Kier alpha value is -3.40. The van der Waals surface area contributed by atoms with Gasteiger partial charge in [-0.25, -0.2) is 9.78 Å². The Balaban J connectivity index is 1.60. The first-order valence-electron chi connectivity index (χ1n) is 8.80. The van der Waals surface area contributed by atoms with Crippen LogP contribution in [-0.4, -0.2) is 16.1 Å². The van der Waals surface area contributed by atoms with Crippen molar-refractivity contribution in [3.05, 3.63) is 95.4 Å². The maximum absolute atomic E-state index is 10.4. The number of allylic oxidation sites excluding steroid dienone is 2. The number of carbonyl (C=O) groups is 1. The summed E-state index contributed by atoms with van der Waals surface area (Å²) in [5, 5.41) is 8.55. The molecule has 0 aliphatic carbocycles. The highest BCUT2D eigenvalue weighted by molar-refractivity contribution is 5.80. The second-order valence-electron chi connectivity index (χ2n) is 6.19. The van der Waals surface area contributed by atoms with Crippen LogP contribution >= 0.6 is 0 Å². The number of rotatable bonds is 7. The van der Waals surface area contributed by atoms with Gasteiger partial charge in [0, 0.05) is 11.6 Å². The number of aliphatic carboxylic acids is 1. The molecule has 0 amide bonds. The van der Waals surface area contributed by atoms with Crippen molar-refractivity contribution < 1.29 is 14.3 Å². The van der Waals surface area contributed by atoms with Gasteiger partial charge < -0.3 is 9.52 Å². The standard InChI is InChI=1S/C23H21NO3/c1-17-21(24-23(27-17)20-8-3-2-4-9-20)16-15-19-13-11-18(12-14-19)7-5-6-10-22(25)26/h2-14H,15-16H2,1H3,(H,25,26)/b7-5+,10-6+. The van der Waals surface area contributed by atoms with Gasteiger partial charge in [0.25, 0.3) is 0 Å². The smallest absolute Gasteiger partial charge is 0.328 e. The Morgan fingerprint density at radius 3 is 2.48 bits per heavy atom. The summed E-state index contributed by atoms with van der Waals surface area (Å²) < 4.78 is 5.81. The molecule has 0 atom stereocenters. The largest absolute Gasteiger partial charge is 0.478 e. The van der Waals surface area contributed by atoms with E-state index in [1.807, 2.05) is 55.5 Å². The van der Waals surface area contributed by atoms with Gasteiger partial charge in [0.05, 0.1) is 5.69 Å². The number of carboxylic acids is 1. The van der Waals surface area contributed by atoms with Crippen LogP contribution in [-0.2, 0) is 17.6 Å². The van der Waals surface area contributed by atoms with Crippen molar-refractivity contribution in [1.82, 2.24) is 4.98 Å². The van der Waals surface area contributed by atoms with E-state index in [9.17, 15) is 4.79 Å². The second kappa shape index (κ2) is 8.81. The molecule has 0 saturated carbocycles. The Kier molecular flexibility index (Phi) is 6.00. The van der Waals surface area contributed by atoms with Gasteiger partial charge in [0.2, 0.25) is 5.89 Å². The van der Waals surface area contributed by atoms with E-state index in [1.54, 1.807) is 6.08 Å². The van der Waals surface area contributed by atoms with Crippen LogP contribution in [0, 0.1) is 6.92 Å². The van der Waals surface area contributed by atoms with Crippen molar-refractivity contribution in [2.45, 2.75) is 19.8 Å². The van der Waals surface area contributed by atoms with Crippen molar-refractivity contribution in [3.63, 3.8) is 0 Å². The highest BCUT2D eigenvalue weighted by Gasteiger charge is 2.11. The van der Waals surface area contributed by atoms with E-state index in [0.717, 1.165) is 41.5 Å². The van der Waals surface area contributed by atoms with Crippen molar-refractivity contribution in [2.75, 3.05) is 0 Å². The van der Waals surface area contributed by atoms with Crippen LogP contribution in [0.1, 0.15) is 22.6 Å². The number of carboxylic acid groups (broad SMARTS) is 1. The number of aromatic nitrogens is 1. The molecule has 1 N–H and O–H groups in total. The zero-order chi connectivity index (χ0) is 19.1. The lowest BCUT2D eigenvalue weighted by atomic mass is 10.1. The molecule has 136 valence electrons. The van der Waals surface area contributed by atoms with Gasteiger partial charge in [0.15, 0.2) is 0 Å². The summed E-state index contributed by atoms with van der Waals surface area (Å²) >= 11 is 0. The van der Waals surface area contributed by atoms with E-state index in [1.165, 1.54) is 11.6 Å². The molecule has 1 aromatic heterocycles. The molecular weight excluding hydrogens is 338 g/mol. The van der Waals surface area contributed by atoms with Gasteiger partial charge in [-0.3, -0.25) is 0 Å². The third kappa shape index (κ3) is 5.28. The normalized spacial score (nSPS) is 11.4. The summed E-state index contributed by atoms with van der Waals surface area (Å²) in [6.45, 7) is 1.95. The molecule has 0 spiro atoms. The summed E-state index contributed by atoms with van der Waals surface area (Å²) in [5.41, 5.74) is 4.21. The molecule has 3 aromatic rings. The Morgan fingerprint density at radius 1 is 1.04 bits per heavy atom. The number of hydrogen-bond donors (Lipinski definition) is 1. The number of hydrogen-bond acceptors (Lipinski definition) is 3. The average Bonchev–Trinajstić information content (AvgIpc) is 3.06. The van der Waals surface area contributed by atoms with E-state index in [4.69, 9.17) is 9.52 Å². The molecule has 4 nitrogen and oxygen atoms in total. The van der Waals surface area contributed by atoms with E-state index in [0.29, 0.717) is 5.89 Å². The zero-order valence-corrected chi connectivity index (χ0v) is 15.1. The Labute approximate surface area is 158 Å². The van der Waals surface area contributed by atoms with E-state index in [-0.39, 0.29) is 0 Å². The number of nitrogens with zero attached hydrogens (tertiary/aromatic N) is 1. The van der Waals surface area contributed by atoms with Crippen LogP contribution in [0.2, 0.25) is 0 Å². The van der Waals surface area contributed by atoms with Crippen molar-refractivity contribution in [3.8, 4) is 11.5 Å². The maximum atomic E-state index is 10.4. The summed E-state index contributed by atoms with van der Waals surface area (Å²) in [7, 11) is 0. The lowest BCUT2D eigenvalue weighted by molar-refractivity contribution is -0.131. The Bertz CT molecular complexity index is 951. The van der Waals surface area contributed by atoms with E-state index >= 15 is 0 Å². The summed E-state index contributed by atoms with van der Waals surface area (Å²) in [6, 6.07) is 18.1. The fourth-order valence-electron chi connectivity index (χ4n) is 2.73. The van der Waals surface area contributed by atoms with Crippen molar-refractivity contribution >= 4 is 12.0 Å². The predicted octanol–water partition coefficient (Wildman–Crippen LogP) is 5.09. The van der Waals surface area contributed by atoms with Crippen LogP contribution in [0.4, 0.5) is 0 Å². The first kappa shape index (κ1) is 18.4. The molecule has 2 aromatic carbocycles. The van der Waals surface area contributed by atoms with Gasteiger partial charge in [-0.15, -0.1) is 0 Å². The first-order chi connectivity index (χ1) is 13.1. The fraction of sp³-hybridized carbons (Fsp3) is 0.130. The minimum absolute atomic E-state index is 0.665.